The number of fused-ring (bicyclic) bond motifs is 1. The summed E-state index contributed by atoms with van der Waals surface area (Å²) in [6.45, 7) is 4.75. The van der Waals surface area contributed by atoms with Crippen LogP contribution in [0.4, 0.5) is 4.39 Å². The van der Waals surface area contributed by atoms with Gasteiger partial charge in [-0.1, -0.05) is 35.6 Å². The molecular weight excluding hydrogens is 487 g/mol. The molecule has 4 rings (SSSR count). The predicted molar refractivity (Wildman–Crippen MR) is 131 cm³/mol. The van der Waals surface area contributed by atoms with Crippen molar-refractivity contribution in [2.24, 2.45) is 4.99 Å². The zero-order valence-electron chi connectivity index (χ0n) is 20.0. The number of aromatic nitrogens is 1. The molecule has 1 unspecified atom stereocenters. The number of halogens is 1. The third kappa shape index (κ3) is 4.72. The van der Waals surface area contributed by atoms with Crippen LogP contribution in [0.25, 0.3) is 6.08 Å². The third-order valence-electron chi connectivity index (χ3n) is 5.47. The number of nitrogens with zero attached hydrogens (tertiary/aromatic N) is 2. The summed E-state index contributed by atoms with van der Waals surface area (Å²) in [5.41, 5.74) is 0.903. The second-order valence-electron chi connectivity index (χ2n) is 7.83. The number of rotatable bonds is 6. The van der Waals surface area contributed by atoms with Crippen molar-refractivity contribution in [2.45, 2.75) is 26.8 Å². The topological polar surface area (TPSA) is 96.2 Å². The quantitative estimate of drug-likeness (QED) is 0.374. The average Bonchev–Trinajstić information content (AvgIpc) is 3.14. The van der Waals surface area contributed by atoms with Crippen LogP contribution in [-0.2, 0) is 14.3 Å². The maximum absolute atomic E-state index is 14.3. The van der Waals surface area contributed by atoms with Crippen LogP contribution >= 0.6 is 11.3 Å². The van der Waals surface area contributed by atoms with E-state index in [-0.39, 0.29) is 33.8 Å². The lowest BCUT2D eigenvalue weighted by Crippen LogP contribution is -2.40. The smallest absolute Gasteiger partial charge is 0.338 e. The highest BCUT2D eigenvalue weighted by Crippen LogP contribution is 2.36. The highest BCUT2D eigenvalue weighted by atomic mass is 32.1. The monoisotopic (exact) mass is 510 g/mol. The average molecular weight is 511 g/mol. The molecule has 1 atom stereocenters. The summed E-state index contributed by atoms with van der Waals surface area (Å²) in [6.07, 6.45) is 1.46. The number of benzene rings is 2. The van der Waals surface area contributed by atoms with E-state index in [2.05, 4.69) is 4.99 Å². The molecule has 1 aliphatic rings. The number of carbonyl (C=O) groups is 2. The molecule has 8 nitrogen and oxygen atoms in total. The molecule has 1 aromatic heterocycles. The van der Waals surface area contributed by atoms with Crippen molar-refractivity contribution in [3.8, 4) is 11.5 Å². The van der Waals surface area contributed by atoms with E-state index < -0.39 is 29.4 Å². The van der Waals surface area contributed by atoms with Gasteiger partial charge in [0.15, 0.2) is 16.3 Å². The molecule has 36 heavy (non-hydrogen) atoms. The van der Waals surface area contributed by atoms with Gasteiger partial charge >= 0.3 is 11.9 Å². The van der Waals surface area contributed by atoms with E-state index in [1.165, 1.54) is 36.8 Å². The van der Waals surface area contributed by atoms with E-state index in [0.29, 0.717) is 16.1 Å². The number of hydrogen-bond acceptors (Lipinski definition) is 8. The lowest BCUT2D eigenvalue weighted by Gasteiger charge is -2.25. The van der Waals surface area contributed by atoms with E-state index >= 15 is 0 Å². The van der Waals surface area contributed by atoms with E-state index in [1.54, 1.807) is 44.2 Å². The second-order valence-corrected chi connectivity index (χ2v) is 8.84. The van der Waals surface area contributed by atoms with Crippen LogP contribution in [-0.4, -0.2) is 30.2 Å². The van der Waals surface area contributed by atoms with E-state index in [0.717, 1.165) is 11.3 Å². The number of methoxy groups -OCH3 is 1. The van der Waals surface area contributed by atoms with Gasteiger partial charge in [0.05, 0.1) is 35.6 Å². The Morgan fingerprint density at radius 3 is 2.61 bits per heavy atom. The van der Waals surface area contributed by atoms with Crippen LogP contribution < -0.4 is 24.4 Å². The second kappa shape index (κ2) is 10.3. The largest absolute Gasteiger partial charge is 0.493 e. The molecular formula is C26H23FN2O6S. The van der Waals surface area contributed by atoms with Gasteiger partial charge in [-0.25, -0.2) is 14.2 Å². The van der Waals surface area contributed by atoms with Crippen molar-refractivity contribution >= 4 is 29.4 Å². The maximum atomic E-state index is 14.3. The third-order valence-corrected chi connectivity index (χ3v) is 6.45. The first kappa shape index (κ1) is 25.1. The van der Waals surface area contributed by atoms with Gasteiger partial charge in [0.1, 0.15) is 5.82 Å². The number of hydrogen-bond donors (Lipinski definition) is 0. The Morgan fingerprint density at radius 2 is 1.94 bits per heavy atom. The van der Waals surface area contributed by atoms with E-state index in [1.807, 2.05) is 0 Å². The van der Waals surface area contributed by atoms with Crippen molar-refractivity contribution in [3.63, 3.8) is 0 Å². The van der Waals surface area contributed by atoms with Crippen LogP contribution in [0.2, 0.25) is 0 Å². The lowest BCUT2D eigenvalue weighted by molar-refractivity contribution is -0.139. The summed E-state index contributed by atoms with van der Waals surface area (Å²) in [5.74, 6) is -1.16. The van der Waals surface area contributed by atoms with Crippen LogP contribution in [0.3, 0.4) is 0 Å². The molecule has 2 aromatic carbocycles. The van der Waals surface area contributed by atoms with E-state index in [4.69, 9.17) is 14.2 Å². The molecule has 0 bridgehead atoms. The highest BCUT2D eigenvalue weighted by molar-refractivity contribution is 7.07. The minimum absolute atomic E-state index is 0.134. The number of esters is 2. The first-order chi connectivity index (χ1) is 17.2. The number of carbonyl (C=O) groups excluding carboxylic acids is 2. The van der Waals surface area contributed by atoms with Crippen LogP contribution in [0, 0.1) is 5.82 Å². The molecule has 1 aliphatic heterocycles. The number of thiazole rings is 1. The van der Waals surface area contributed by atoms with Crippen LogP contribution in [0.15, 0.2) is 63.5 Å². The molecule has 0 fully saturated rings. The fourth-order valence-corrected chi connectivity index (χ4v) is 4.97. The van der Waals surface area contributed by atoms with Gasteiger partial charge in [-0.2, -0.15) is 0 Å². The van der Waals surface area contributed by atoms with Gasteiger partial charge in [0.25, 0.3) is 5.56 Å². The molecule has 10 heteroatoms. The SMILES string of the molecule is CCOC(=O)C1=C(C)N=c2sc(=Cc3ccccc3F)c(=O)n2C1c1ccc(OC(C)=O)c(OC)c1. The Bertz CT molecular complexity index is 1570. The molecule has 0 saturated carbocycles. The highest BCUT2D eigenvalue weighted by Gasteiger charge is 2.34. The number of allylic oxidation sites excluding steroid dienone is 1. The van der Waals surface area contributed by atoms with Crippen molar-refractivity contribution < 1.29 is 28.2 Å². The first-order valence-electron chi connectivity index (χ1n) is 11.1. The zero-order chi connectivity index (χ0) is 26.0. The van der Waals surface area contributed by atoms with Crippen LogP contribution in [0.1, 0.15) is 37.9 Å². The molecule has 0 radical (unpaired) electrons. The molecule has 0 N–H and O–H groups in total. The summed E-state index contributed by atoms with van der Waals surface area (Å²) >= 11 is 1.09. The lowest BCUT2D eigenvalue weighted by atomic mass is 9.95. The molecule has 0 saturated heterocycles. The van der Waals surface area contributed by atoms with Crippen molar-refractivity contribution in [1.29, 1.82) is 0 Å². The predicted octanol–water partition coefficient (Wildman–Crippen LogP) is 2.87. The maximum Gasteiger partial charge on any atom is 0.338 e. The minimum Gasteiger partial charge on any atom is -0.493 e. The Hall–Kier alpha value is -4.05. The van der Waals surface area contributed by atoms with Gasteiger partial charge < -0.3 is 14.2 Å². The first-order valence-corrected chi connectivity index (χ1v) is 11.9. The normalized spacial score (nSPS) is 15.2. The van der Waals surface area contributed by atoms with Gasteiger partial charge in [-0.3, -0.25) is 14.2 Å². The Balaban J connectivity index is 1.97. The molecule has 3 aromatic rings. The molecule has 0 aliphatic carbocycles. The van der Waals surface area contributed by atoms with Crippen molar-refractivity contribution in [2.75, 3.05) is 13.7 Å². The van der Waals surface area contributed by atoms with Gasteiger partial charge in [0.2, 0.25) is 0 Å². The summed E-state index contributed by atoms with van der Waals surface area (Å²) in [7, 11) is 1.42. The summed E-state index contributed by atoms with van der Waals surface area (Å²) in [6, 6.07) is 9.98. The Labute approximate surface area is 209 Å². The zero-order valence-corrected chi connectivity index (χ0v) is 20.8. The minimum atomic E-state index is -0.900. The Kier molecular flexibility index (Phi) is 7.16. The van der Waals surface area contributed by atoms with Gasteiger partial charge in [-0.05, 0) is 43.7 Å². The summed E-state index contributed by atoms with van der Waals surface area (Å²) < 4.78 is 31.8. The van der Waals surface area contributed by atoms with E-state index in [9.17, 15) is 18.8 Å². The van der Waals surface area contributed by atoms with Crippen molar-refractivity contribution in [3.05, 3.63) is 90.4 Å². The van der Waals surface area contributed by atoms with Gasteiger partial charge in [0, 0.05) is 12.5 Å². The standard InChI is InChI=1S/C26H23FN2O6S/c1-5-34-25(32)22-14(2)28-26-29(24(31)21(36-26)13-16-8-6-7-9-18(16)27)23(22)17-10-11-19(35-15(3)30)20(12-17)33-4/h6-13,23H,5H2,1-4H3. The molecule has 2 heterocycles. The van der Waals surface area contributed by atoms with Crippen LogP contribution in [0.5, 0.6) is 11.5 Å². The van der Waals surface area contributed by atoms with Crippen molar-refractivity contribution in [1.82, 2.24) is 4.57 Å². The summed E-state index contributed by atoms with van der Waals surface area (Å²) in [4.78, 5) is 42.9. The fraction of sp³-hybridized carbons (Fsp3) is 0.231. The molecule has 0 spiro atoms. The summed E-state index contributed by atoms with van der Waals surface area (Å²) in [5, 5.41) is 0. The molecule has 0 amide bonds. The fourth-order valence-electron chi connectivity index (χ4n) is 3.93. The van der Waals surface area contributed by atoms with Gasteiger partial charge in [-0.15, -0.1) is 0 Å². The Morgan fingerprint density at radius 1 is 1.19 bits per heavy atom. The molecule has 186 valence electrons. The number of ether oxygens (including phenoxy) is 3.